The van der Waals surface area contributed by atoms with Gasteiger partial charge in [-0.2, -0.15) is 0 Å². The highest BCUT2D eigenvalue weighted by Gasteiger charge is 2.81. The number of hydrogen-bond donors (Lipinski definition) is 1. The minimum absolute atomic E-state index is 0.0696. The van der Waals surface area contributed by atoms with Crippen LogP contribution in [-0.4, -0.2) is 53.3 Å². The first-order chi connectivity index (χ1) is 17.5. The monoisotopic (exact) mass is 512 g/mol. The van der Waals surface area contributed by atoms with Gasteiger partial charge in [0.15, 0.2) is 11.9 Å². The zero-order valence-electron chi connectivity index (χ0n) is 22.6. The van der Waals surface area contributed by atoms with Crippen molar-refractivity contribution >= 4 is 17.7 Å². The average Bonchev–Trinajstić information content (AvgIpc) is 3.46. The Kier molecular flexibility index (Phi) is 5.64. The van der Waals surface area contributed by atoms with Gasteiger partial charge in [0, 0.05) is 13.3 Å². The molecule has 6 aliphatic rings. The number of aliphatic hydroxyl groups is 1. The second kappa shape index (κ2) is 8.25. The molecule has 7 nitrogen and oxygen atoms in total. The van der Waals surface area contributed by atoms with Crippen molar-refractivity contribution in [3.63, 3.8) is 0 Å². The highest BCUT2D eigenvalue weighted by Crippen LogP contribution is 2.73. The van der Waals surface area contributed by atoms with Crippen molar-refractivity contribution in [2.24, 2.45) is 40.4 Å². The molecule has 37 heavy (non-hydrogen) atoms. The number of cyclic esters (lactones) is 1. The number of epoxide rings is 1. The van der Waals surface area contributed by atoms with E-state index in [4.69, 9.17) is 14.2 Å². The number of rotatable bonds is 4. The largest absolute Gasteiger partial charge is 0.458 e. The molecule has 0 bridgehead atoms. The predicted molar refractivity (Wildman–Crippen MR) is 134 cm³/mol. The highest BCUT2D eigenvalue weighted by molar-refractivity contribution is 5.98. The van der Waals surface area contributed by atoms with Crippen molar-refractivity contribution in [2.45, 2.75) is 97.1 Å². The van der Waals surface area contributed by atoms with E-state index in [9.17, 15) is 19.5 Å². The summed E-state index contributed by atoms with van der Waals surface area (Å²) < 4.78 is 18.0. The Hall–Kier alpha value is -1.99. The number of ether oxygens (including phenoxy) is 3. The van der Waals surface area contributed by atoms with Crippen molar-refractivity contribution < 1.29 is 33.7 Å². The molecule has 6 rings (SSSR count). The topological polar surface area (TPSA) is 102 Å². The van der Waals surface area contributed by atoms with Crippen LogP contribution >= 0.6 is 0 Å². The van der Waals surface area contributed by atoms with Crippen molar-refractivity contribution in [3.05, 3.63) is 23.3 Å². The van der Waals surface area contributed by atoms with Gasteiger partial charge in [-0.1, -0.05) is 19.4 Å². The van der Waals surface area contributed by atoms with Gasteiger partial charge in [0.05, 0.1) is 23.7 Å². The van der Waals surface area contributed by atoms with Crippen LogP contribution in [0.15, 0.2) is 23.3 Å². The van der Waals surface area contributed by atoms with Gasteiger partial charge in [0.1, 0.15) is 11.7 Å². The standard InChI is InChI=1S/C30H40O7/c1-15-12-23(36-27(34)19(15)14-31)16(2)20-6-7-21-18-13-26-30(37-26)25(35-17(3)32)9-8-24(33)29(30,5)22(18)10-11-28(20,21)4/h8-9,16,18,20-23,25-26,31H,6-7,10-14H2,1-5H3/t16-,18-,20+,21-,22-,23+,25+,26+,28+,29-,30+/m0/s1. The Morgan fingerprint density at radius 2 is 1.97 bits per heavy atom. The molecule has 0 radical (unpaired) electrons. The van der Waals surface area contributed by atoms with Crippen LogP contribution < -0.4 is 0 Å². The lowest BCUT2D eigenvalue weighted by Crippen LogP contribution is -2.64. The molecule has 0 aromatic rings. The lowest BCUT2D eigenvalue weighted by Gasteiger charge is -2.58. The van der Waals surface area contributed by atoms with Crippen LogP contribution in [0.3, 0.4) is 0 Å². The van der Waals surface area contributed by atoms with Crippen LogP contribution in [0.25, 0.3) is 0 Å². The first-order valence-electron chi connectivity index (χ1n) is 14.1. The molecule has 2 heterocycles. The molecule has 4 fully saturated rings. The number of allylic oxidation sites excluding steroid dienone is 1. The summed E-state index contributed by atoms with van der Waals surface area (Å²) in [5, 5.41) is 9.56. The van der Waals surface area contributed by atoms with E-state index in [1.54, 1.807) is 12.2 Å². The van der Waals surface area contributed by atoms with Gasteiger partial charge >= 0.3 is 11.9 Å². The number of fused-ring (bicyclic) bond motifs is 4. The second-order valence-corrected chi connectivity index (χ2v) is 13.1. The van der Waals surface area contributed by atoms with Crippen LogP contribution in [0, 0.1) is 40.4 Å². The van der Waals surface area contributed by atoms with Gasteiger partial charge < -0.3 is 19.3 Å². The second-order valence-electron chi connectivity index (χ2n) is 13.1. The fourth-order valence-electron chi connectivity index (χ4n) is 9.97. The number of carbonyl (C=O) groups excluding carboxylic acids is 3. The normalized spacial score (nSPS) is 48.9. The molecule has 1 saturated heterocycles. The molecule has 4 aliphatic carbocycles. The summed E-state index contributed by atoms with van der Waals surface area (Å²) >= 11 is 0. The maximum atomic E-state index is 13.6. The van der Waals surface area contributed by atoms with Gasteiger partial charge in [-0.3, -0.25) is 9.59 Å². The van der Waals surface area contributed by atoms with Crippen LogP contribution in [0.2, 0.25) is 0 Å². The first kappa shape index (κ1) is 25.3. The average molecular weight is 513 g/mol. The zero-order chi connectivity index (χ0) is 26.5. The maximum Gasteiger partial charge on any atom is 0.336 e. The summed E-state index contributed by atoms with van der Waals surface area (Å²) in [7, 11) is 0. The summed E-state index contributed by atoms with van der Waals surface area (Å²) in [6.07, 6.45) is 8.36. The molecule has 0 aromatic heterocycles. The molecule has 3 saturated carbocycles. The minimum Gasteiger partial charge on any atom is -0.458 e. The number of esters is 2. The molecule has 1 spiro atoms. The number of aliphatic hydroxyl groups excluding tert-OH is 1. The quantitative estimate of drug-likeness (QED) is 0.450. The Morgan fingerprint density at radius 1 is 1.22 bits per heavy atom. The predicted octanol–water partition coefficient (Wildman–Crippen LogP) is 3.92. The Morgan fingerprint density at radius 3 is 2.65 bits per heavy atom. The summed E-state index contributed by atoms with van der Waals surface area (Å²) in [6, 6.07) is 0. The van der Waals surface area contributed by atoms with Crippen molar-refractivity contribution in [2.75, 3.05) is 6.61 Å². The van der Waals surface area contributed by atoms with E-state index >= 15 is 0 Å². The van der Waals surface area contributed by atoms with E-state index in [-0.39, 0.29) is 53.8 Å². The Labute approximate surface area is 219 Å². The summed E-state index contributed by atoms with van der Waals surface area (Å²) in [5.41, 5.74) is 0.0291. The minimum atomic E-state index is -0.727. The van der Waals surface area contributed by atoms with E-state index in [0.29, 0.717) is 29.7 Å². The fraction of sp³-hybridized carbons (Fsp3) is 0.767. The highest BCUT2D eigenvalue weighted by atomic mass is 16.7. The molecule has 0 unspecified atom stereocenters. The number of hydrogen-bond acceptors (Lipinski definition) is 7. The number of carbonyl (C=O) groups is 3. The zero-order valence-corrected chi connectivity index (χ0v) is 22.6. The van der Waals surface area contributed by atoms with Crippen molar-refractivity contribution in [1.82, 2.24) is 0 Å². The van der Waals surface area contributed by atoms with Crippen LogP contribution in [-0.2, 0) is 28.6 Å². The van der Waals surface area contributed by atoms with E-state index < -0.39 is 17.1 Å². The van der Waals surface area contributed by atoms with Gasteiger partial charge in [0.25, 0.3) is 0 Å². The third kappa shape index (κ3) is 3.22. The van der Waals surface area contributed by atoms with Gasteiger partial charge in [-0.15, -0.1) is 0 Å². The Balaban J connectivity index is 1.27. The van der Waals surface area contributed by atoms with E-state index in [0.717, 1.165) is 37.7 Å². The molecule has 7 heteroatoms. The fourth-order valence-corrected chi connectivity index (χ4v) is 9.97. The van der Waals surface area contributed by atoms with Crippen LogP contribution in [0.1, 0.15) is 73.1 Å². The van der Waals surface area contributed by atoms with Gasteiger partial charge in [-0.25, -0.2) is 4.79 Å². The smallest absolute Gasteiger partial charge is 0.336 e. The Bertz CT molecular complexity index is 1110. The van der Waals surface area contributed by atoms with E-state index in [2.05, 4.69) is 20.8 Å². The molecule has 2 aliphatic heterocycles. The van der Waals surface area contributed by atoms with E-state index in [1.165, 1.54) is 6.92 Å². The third-order valence-corrected chi connectivity index (χ3v) is 11.9. The summed E-state index contributed by atoms with van der Waals surface area (Å²) in [4.78, 5) is 38.0. The van der Waals surface area contributed by atoms with Crippen molar-refractivity contribution in [1.29, 1.82) is 0 Å². The van der Waals surface area contributed by atoms with Gasteiger partial charge in [0.2, 0.25) is 0 Å². The SMILES string of the molecule is CC(=O)O[C@@H]1C=CC(=O)[C@]2(C)[C@H]3CC[C@]4(C)[C@@H]([C@H](C)[C@H]5CC(C)=C(CO)C(=O)O5)CC[C@H]4[C@@H]3C[C@H]3O[C@]132. The summed E-state index contributed by atoms with van der Waals surface area (Å²) in [6.45, 7) is 9.80. The van der Waals surface area contributed by atoms with Crippen LogP contribution in [0.4, 0.5) is 0 Å². The molecule has 0 amide bonds. The first-order valence-corrected chi connectivity index (χ1v) is 14.1. The molecule has 0 aromatic carbocycles. The van der Waals surface area contributed by atoms with Crippen molar-refractivity contribution in [3.8, 4) is 0 Å². The number of ketones is 1. The van der Waals surface area contributed by atoms with Gasteiger partial charge in [-0.05, 0) is 93.1 Å². The molecular weight excluding hydrogens is 472 g/mol. The lowest BCUT2D eigenvalue weighted by atomic mass is 9.44. The third-order valence-electron chi connectivity index (χ3n) is 11.9. The molecule has 1 N–H and O–H groups in total. The van der Waals surface area contributed by atoms with Crippen LogP contribution in [0.5, 0.6) is 0 Å². The van der Waals surface area contributed by atoms with E-state index in [1.807, 2.05) is 6.92 Å². The lowest BCUT2D eigenvalue weighted by molar-refractivity contribution is -0.166. The molecule has 202 valence electrons. The maximum absolute atomic E-state index is 13.6. The molecule has 11 atom stereocenters. The summed E-state index contributed by atoms with van der Waals surface area (Å²) in [5.74, 6) is 1.08. The molecular formula is C30H40O7.